The predicted molar refractivity (Wildman–Crippen MR) is 115 cm³/mol. The number of carbonyl (C=O) groups excluding carboxylic acids is 1. The van der Waals surface area contributed by atoms with Crippen LogP contribution in [-0.2, 0) is 9.53 Å². The summed E-state index contributed by atoms with van der Waals surface area (Å²) in [7, 11) is 0. The molecule has 2 saturated heterocycles. The molecule has 0 radical (unpaired) electrons. The lowest BCUT2D eigenvalue weighted by Crippen LogP contribution is -2.35. The van der Waals surface area contributed by atoms with Gasteiger partial charge in [0.2, 0.25) is 0 Å². The number of furan rings is 1. The predicted octanol–water partition coefficient (Wildman–Crippen LogP) is 5.40. The Morgan fingerprint density at radius 3 is 2.96 bits per heavy atom. The van der Waals surface area contributed by atoms with Crippen molar-refractivity contribution in [1.82, 2.24) is 4.90 Å². The van der Waals surface area contributed by atoms with E-state index >= 15 is 0 Å². The van der Waals surface area contributed by atoms with Gasteiger partial charge < -0.3 is 9.15 Å². The van der Waals surface area contributed by atoms with Gasteiger partial charge >= 0.3 is 0 Å². The monoisotopic (exact) mass is 463 g/mol. The topological polar surface area (TPSA) is 42.7 Å². The molecular weight excluding hydrogens is 446 g/mol. The lowest BCUT2D eigenvalue weighted by atomic mass is 10.1. The van der Waals surface area contributed by atoms with Gasteiger partial charge in [0.05, 0.1) is 17.6 Å². The summed E-state index contributed by atoms with van der Waals surface area (Å²) in [6, 6.07) is 9.86. The number of aryl methyl sites for hydroxylation is 1. The number of hydrogen-bond donors (Lipinski definition) is 0. The summed E-state index contributed by atoms with van der Waals surface area (Å²) in [5.74, 6) is 1.34. The summed E-state index contributed by atoms with van der Waals surface area (Å²) in [4.78, 5) is 14.9. The van der Waals surface area contributed by atoms with Gasteiger partial charge in [0.15, 0.2) is 0 Å². The summed E-state index contributed by atoms with van der Waals surface area (Å²) in [6.07, 6.45) is 3.87. The molecule has 1 aromatic carbocycles. The highest BCUT2D eigenvalue weighted by atomic mass is 79.9. The first-order valence-corrected chi connectivity index (χ1v) is 10.8. The summed E-state index contributed by atoms with van der Waals surface area (Å²) < 4.78 is 13.2. The van der Waals surface area contributed by atoms with Gasteiger partial charge in [-0.15, -0.1) is 0 Å². The number of rotatable bonds is 4. The molecule has 2 fully saturated rings. The number of thiocarbonyl (C=S) groups is 1. The molecular formula is C20H18BrNO3S2. The van der Waals surface area contributed by atoms with Crippen molar-refractivity contribution in [2.45, 2.75) is 25.9 Å². The Kier molecular flexibility index (Phi) is 5.55. The number of amides is 1. The number of ether oxygens (including phenoxy) is 1. The molecule has 0 aliphatic carbocycles. The molecule has 27 heavy (non-hydrogen) atoms. The Morgan fingerprint density at radius 1 is 1.37 bits per heavy atom. The summed E-state index contributed by atoms with van der Waals surface area (Å²) in [6.45, 7) is 3.33. The summed E-state index contributed by atoms with van der Waals surface area (Å²) >= 11 is 10.2. The van der Waals surface area contributed by atoms with Gasteiger partial charge in [0.1, 0.15) is 15.8 Å². The minimum Gasteiger partial charge on any atom is -0.457 e. The third-order valence-electron chi connectivity index (χ3n) is 4.63. The molecule has 0 spiro atoms. The van der Waals surface area contributed by atoms with Crippen LogP contribution in [0.1, 0.15) is 24.2 Å². The highest BCUT2D eigenvalue weighted by Crippen LogP contribution is 2.34. The molecule has 2 aromatic rings. The van der Waals surface area contributed by atoms with Crippen LogP contribution < -0.4 is 0 Å². The molecule has 0 unspecified atom stereocenters. The fourth-order valence-corrected chi connectivity index (χ4v) is 4.66. The molecule has 4 rings (SSSR count). The van der Waals surface area contributed by atoms with E-state index < -0.39 is 0 Å². The number of thioether (sulfide) groups is 1. The minimum atomic E-state index is -0.0714. The van der Waals surface area contributed by atoms with E-state index in [-0.39, 0.29) is 12.0 Å². The molecule has 1 amide bonds. The maximum atomic E-state index is 12.7. The first-order chi connectivity index (χ1) is 13.0. The number of nitrogens with zero attached hydrogens (tertiary/aromatic N) is 1. The van der Waals surface area contributed by atoms with Crippen LogP contribution in [0, 0.1) is 6.92 Å². The Morgan fingerprint density at radius 2 is 2.22 bits per heavy atom. The zero-order chi connectivity index (χ0) is 19.0. The molecule has 0 bridgehead atoms. The van der Waals surface area contributed by atoms with Crippen molar-refractivity contribution in [3.8, 4) is 11.3 Å². The number of halogens is 1. The van der Waals surface area contributed by atoms with Crippen molar-refractivity contribution in [2.75, 3.05) is 13.2 Å². The van der Waals surface area contributed by atoms with Crippen LogP contribution >= 0.6 is 39.9 Å². The number of hydrogen-bond acceptors (Lipinski definition) is 5. The van der Waals surface area contributed by atoms with Gasteiger partial charge in [-0.3, -0.25) is 9.69 Å². The van der Waals surface area contributed by atoms with Crippen molar-refractivity contribution < 1.29 is 13.9 Å². The van der Waals surface area contributed by atoms with E-state index in [0.29, 0.717) is 21.5 Å². The van der Waals surface area contributed by atoms with Crippen molar-refractivity contribution in [3.63, 3.8) is 0 Å². The van der Waals surface area contributed by atoms with Crippen LogP contribution in [0.2, 0.25) is 0 Å². The smallest absolute Gasteiger partial charge is 0.266 e. The first kappa shape index (κ1) is 18.9. The zero-order valence-corrected chi connectivity index (χ0v) is 18.0. The molecule has 0 N–H and O–H groups in total. The maximum Gasteiger partial charge on any atom is 0.266 e. The maximum absolute atomic E-state index is 12.7. The van der Waals surface area contributed by atoms with Gasteiger partial charge in [-0.1, -0.05) is 46.0 Å². The quantitative estimate of drug-likeness (QED) is 0.448. The zero-order valence-electron chi connectivity index (χ0n) is 14.7. The van der Waals surface area contributed by atoms with Crippen LogP contribution in [0.15, 0.2) is 44.1 Å². The molecule has 140 valence electrons. The van der Waals surface area contributed by atoms with E-state index in [9.17, 15) is 4.79 Å². The van der Waals surface area contributed by atoms with Gasteiger partial charge in [0.25, 0.3) is 5.91 Å². The highest BCUT2D eigenvalue weighted by Gasteiger charge is 2.34. The average molecular weight is 464 g/mol. The van der Waals surface area contributed by atoms with Crippen molar-refractivity contribution >= 4 is 56.2 Å². The molecule has 0 saturated carbocycles. The fourth-order valence-electron chi connectivity index (χ4n) is 3.16. The average Bonchev–Trinajstić information content (AvgIpc) is 3.37. The lowest BCUT2D eigenvalue weighted by molar-refractivity contribution is -0.123. The molecule has 1 aromatic heterocycles. The SMILES string of the molecule is Cc1cc(-c2ccc(/C=C3\SC(=S)N(C[C@H]4CCCO4)C3=O)o2)ccc1Br. The standard InChI is InChI=1S/C20H18BrNO3S2/c1-12-9-13(4-6-16(12)21)17-7-5-14(25-17)10-18-19(23)22(20(26)27-18)11-15-3-2-8-24-15/h4-7,9-10,15H,2-3,8,11H2,1H3/b18-10-/t15-/m1/s1. The first-order valence-electron chi connectivity index (χ1n) is 8.74. The number of benzene rings is 1. The van der Waals surface area contributed by atoms with Crippen LogP contribution in [0.5, 0.6) is 0 Å². The van der Waals surface area contributed by atoms with Crippen molar-refractivity contribution in [2.24, 2.45) is 0 Å². The lowest BCUT2D eigenvalue weighted by Gasteiger charge is -2.18. The normalized spacial score (nSPS) is 21.6. The number of carbonyl (C=O) groups is 1. The fraction of sp³-hybridized carbons (Fsp3) is 0.300. The summed E-state index contributed by atoms with van der Waals surface area (Å²) in [5.41, 5.74) is 2.14. The molecule has 2 aliphatic rings. The Hall–Kier alpha value is -1.41. The molecule has 2 aliphatic heterocycles. The van der Waals surface area contributed by atoms with Crippen LogP contribution in [0.3, 0.4) is 0 Å². The van der Waals surface area contributed by atoms with E-state index in [0.717, 1.165) is 40.8 Å². The van der Waals surface area contributed by atoms with E-state index in [4.69, 9.17) is 21.4 Å². The second-order valence-corrected chi connectivity index (χ2v) is 9.12. The Bertz CT molecular complexity index is 931. The third kappa shape index (κ3) is 4.06. The Balaban J connectivity index is 1.52. The second kappa shape index (κ2) is 7.91. The second-order valence-electron chi connectivity index (χ2n) is 6.59. The molecule has 4 nitrogen and oxygen atoms in total. The molecule has 7 heteroatoms. The third-order valence-corrected chi connectivity index (χ3v) is 6.89. The van der Waals surface area contributed by atoms with Gasteiger partial charge in [0, 0.05) is 22.7 Å². The Labute approximate surface area is 176 Å². The van der Waals surface area contributed by atoms with Crippen LogP contribution in [-0.4, -0.2) is 34.4 Å². The van der Waals surface area contributed by atoms with Gasteiger partial charge in [-0.25, -0.2) is 0 Å². The highest BCUT2D eigenvalue weighted by molar-refractivity contribution is 9.10. The van der Waals surface area contributed by atoms with Crippen LogP contribution in [0.25, 0.3) is 17.4 Å². The molecule has 1 atom stereocenters. The minimum absolute atomic E-state index is 0.0714. The van der Waals surface area contributed by atoms with Crippen LogP contribution in [0.4, 0.5) is 0 Å². The largest absolute Gasteiger partial charge is 0.457 e. The van der Waals surface area contributed by atoms with Crippen molar-refractivity contribution in [3.05, 3.63) is 51.0 Å². The van der Waals surface area contributed by atoms with Gasteiger partial charge in [-0.05, 0) is 49.6 Å². The summed E-state index contributed by atoms with van der Waals surface area (Å²) in [5, 5.41) is 0. The van der Waals surface area contributed by atoms with E-state index in [1.807, 2.05) is 31.2 Å². The molecule has 3 heterocycles. The van der Waals surface area contributed by atoms with E-state index in [1.54, 1.807) is 11.0 Å². The van der Waals surface area contributed by atoms with Crippen molar-refractivity contribution in [1.29, 1.82) is 0 Å². The van der Waals surface area contributed by atoms with Gasteiger partial charge in [-0.2, -0.15) is 0 Å². The van der Waals surface area contributed by atoms with E-state index in [1.165, 1.54) is 11.8 Å². The van der Waals surface area contributed by atoms with E-state index in [2.05, 4.69) is 22.0 Å².